The van der Waals surface area contributed by atoms with Crippen molar-refractivity contribution in [3.8, 4) is 0 Å². The van der Waals surface area contributed by atoms with Crippen LogP contribution in [0.15, 0.2) is 72.1 Å². The van der Waals surface area contributed by atoms with Crippen molar-refractivity contribution in [1.82, 2.24) is 20.3 Å². The molecule has 8 nitrogen and oxygen atoms in total. The SMILES string of the molecule is CCCCCCC1=C2NC(=C(CCCCCC)c3ccc([nH]3)C(c3ccc(C(=O)OC)cc3)=c3ccc([nH]3)=C(CCCCCC)c3ccc1[nH]3)C(=O)C2=O. The Kier molecular flexibility index (Phi) is 13.1. The molecule has 0 aliphatic carbocycles. The predicted octanol–water partition coefficient (Wildman–Crippen LogP) is 8.99. The van der Waals surface area contributed by atoms with Crippen LogP contribution in [-0.2, 0) is 14.3 Å². The van der Waals surface area contributed by atoms with Crippen LogP contribution < -0.4 is 16.0 Å². The summed E-state index contributed by atoms with van der Waals surface area (Å²) >= 11 is 0. The van der Waals surface area contributed by atoms with Crippen LogP contribution in [-0.4, -0.2) is 39.6 Å². The van der Waals surface area contributed by atoms with E-state index in [4.69, 9.17) is 4.74 Å². The summed E-state index contributed by atoms with van der Waals surface area (Å²) in [4.78, 5) is 51.7. The van der Waals surface area contributed by atoms with Crippen molar-refractivity contribution in [3.63, 3.8) is 0 Å². The number of aromatic nitrogens is 3. The van der Waals surface area contributed by atoms with Crippen LogP contribution in [0.4, 0.5) is 0 Å². The third-order valence-electron chi connectivity index (χ3n) is 10.8. The second kappa shape index (κ2) is 18.3. The Balaban J connectivity index is 1.61. The van der Waals surface area contributed by atoms with Crippen molar-refractivity contribution in [1.29, 1.82) is 0 Å². The van der Waals surface area contributed by atoms with Gasteiger partial charge in [0, 0.05) is 50.2 Å². The molecule has 8 bridgehead atoms. The van der Waals surface area contributed by atoms with E-state index in [1.165, 1.54) is 19.1 Å². The van der Waals surface area contributed by atoms with E-state index in [9.17, 15) is 14.4 Å². The van der Waals surface area contributed by atoms with E-state index < -0.39 is 11.6 Å². The van der Waals surface area contributed by atoms with Crippen LogP contribution in [0.5, 0.6) is 0 Å². The van der Waals surface area contributed by atoms with Gasteiger partial charge >= 0.3 is 5.97 Å². The maximum absolute atomic E-state index is 14.1. The van der Waals surface area contributed by atoms with Gasteiger partial charge in [-0.05, 0) is 98.2 Å². The number of H-pyrrole nitrogens is 3. The van der Waals surface area contributed by atoms with Crippen LogP contribution in [0.1, 0.15) is 156 Å². The van der Waals surface area contributed by atoms with E-state index in [2.05, 4.69) is 65.3 Å². The van der Waals surface area contributed by atoms with Gasteiger partial charge in [0.15, 0.2) is 0 Å². The molecular weight excluding hydrogens is 673 g/mol. The van der Waals surface area contributed by atoms with Gasteiger partial charge in [0.2, 0.25) is 0 Å². The molecule has 0 spiro atoms. The summed E-state index contributed by atoms with van der Waals surface area (Å²) in [5, 5.41) is 5.39. The highest BCUT2D eigenvalue weighted by atomic mass is 16.5. The zero-order chi connectivity index (χ0) is 38.0. The minimum absolute atomic E-state index is 0.374. The number of carbonyl (C=O) groups excluding carboxylic acids is 3. The fourth-order valence-electron chi connectivity index (χ4n) is 7.81. The molecule has 6 rings (SSSR count). The van der Waals surface area contributed by atoms with Gasteiger partial charge in [-0.1, -0.05) is 90.7 Å². The number of benzene rings is 1. The molecule has 284 valence electrons. The second-order valence-electron chi connectivity index (χ2n) is 14.7. The molecule has 0 saturated carbocycles. The summed E-state index contributed by atoms with van der Waals surface area (Å²) in [5.41, 5.74) is 9.52. The third kappa shape index (κ3) is 8.48. The summed E-state index contributed by atoms with van der Waals surface area (Å²) in [5.74, 6) is -1.33. The predicted molar refractivity (Wildman–Crippen MR) is 217 cm³/mol. The van der Waals surface area contributed by atoms with Gasteiger partial charge in [0.1, 0.15) is 0 Å². The first-order chi connectivity index (χ1) is 26.4. The number of unbranched alkanes of at least 4 members (excludes halogenated alkanes) is 9. The lowest BCUT2D eigenvalue weighted by atomic mass is 9.99. The lowest BCUT2D eigenvalue weighted by molar-refractivity contribution is -0.130. The molecule has 1 fully saturated rings. The summed E-state index contributed by atoms with van der Waals surface area (Å²) < 4.78 is 4.98. The molecule has 2 aliphatic heterocycles. The highest BCUT2D eigenvalue weighted by molar-refractivity contribution is 6.53. The zero-order valence-corrected chi connectivity index (χ0v) is 32.5. The van der Waals surface area contributed by atoms with Gasteiger partial charge in [0.05, 0.1) is 24.1 Å². The molecule has 0 amide bonds. The summed E-state index contributed by atoms with van der Waals surface area (Å²) in [7, 11) is 1.39. The number of aromatic amines is 3. The lowest BCUT2D eigenvalue weighted by Crippen LogP contribution is -2.17. The number of fused-ring (bicyclic) bond motifs is 8. The van der Waals surface area contributed by atoms with Crippen LogP contribution in [0.2, 0.25) is 0 Å². The number of hydrogen-bond acceptors (Lipinski definition) is 5. The highest BCUT2D eigenvalue weighted by Gasteiger charge is 2.37. The molecule has 1 saturated heterocycles. The van der Waals surface area contributed by atoms with Crippen molar-refractivity contribution in [3.05, 3.63) is 117 Å². The number of esters is 1. The van der Waals surface area contributed by atoms with Gasteiger partial charge in [-0.15, -0.1) is 0 Å². The molecular formula is C46H56N4O4. The van der Waals surface area contributed by atoms with Crippen LogP contribution >= 0.6 is 0 Å². The number of ether oxygens (including phenoxy) is 1. The molecule has 1 aromatic carbocycles. The van der Waals surface area contributed by atoms with E-state index in [1.54, 1.807) is 12.1 Å². The number of Topliss-reactive ketones (excluding diaryl/α,β-unsaturated/α-hetero) is 2. The smallest absolute Gasteiger partial charge is 0.337 e. The van der Waals surface area contributed by atoms with Crippen molar-refractivity contribution in [2.75, 3.05) is 7.11 Å². The molecule has 3 aromatic heterocycles. The molecule has 4 N–H and O–H groups in total. The van der Waals surface area contributed by atoms with Gasteiger partial charge in [-0.3, -0.25) is 9.59 Å². The van der Waals surface area contributed by atoms with E-state index >= 15 is 0 Å². The van der Waals surface area contributed by atoms with Crippen LogP contribution in [0, 0.1) is 0 Å². The second-order valence-corrected chi connectivity index (χ2v) is 14.7. The lowest BCUT2D eigenvalue weighted by Gasteiger charge is -2.13. The maximum atomic E-state index is 14.1. The molecule has 8 heteroatoms. The van der Waals surface area contributed by atoms with Gasteiger partial charge < -0.3 is 25.0 Å². The highest BCUT2D eigenvalue weighted by Crippen LogP contribution is 2.34. The third-order valence-corrected chi connectivity index (χ3v) is 10.8. The Hall–Kier alpha value is -5.11. The Labute approximate surface area is 319 Å². The van der Waals surface area contributed by atoms with Crippen LogP contribution in [0.3, 0.4) is 0 Å². The number of hydrogen-bond donors (Lipinski definition) is 4. The average Bonchev–Trinajstić information content (AvgIpc) is 4.02. The average molecular weight is 729 g/mol. The normalized spacial score (nSPS) is 14.4. The molecule has 0 radical (unpaired) electrons. The van der Waals surface area contributed by atoms with E-state index in [0.717, 1.165) is 133 Å². The van der Waals surface area contributed by atoms with Gasteiger partial charge in [-0.2, -0.15) is 0 Å². The number of methoxy groups -OCH3 is 1. The topological polar surface area (TPSA) is 120 Å². The van der Waals surface area contributed by atoms with Crippen molar-refractivity contribution in [2.24, 2.45) is 0 Å². The minimum atomic E-state index is -0.479. The first kappa shape index (κ1) is 38.6. The molecule has 0 unspecified atom stereocenters. The van der Waals surface area contributed by atoms with Crippen LogP contribution in [0.25, 0.3) is 22.3 Å². The van der Waals surface area contributed by atoms with Crippen molar-refractivity contribution in [2.45, 2.75) is 117 Å². The first-order valence-corrected chi connectivity index (χ1v) is 20.2. The Bertz CT molecular complexity index is 2150. The largest absolute Gasteiger partial charge is 0.465 e. The fourth-order valence-corrected chi connectivity index (χ4v) is 7.81. The number of allylic oxidation sites excluding steroid dienone is 4. The van der Waals surface area contributed by atoms with Crippen molar-refractivity contribution < 1.29 is 19.1 Å². The van der Waals surface area contributed by atoms with Gasteiger partial charge in [0.25, 0.3) is 11.6 Å². The number of ketones is 2. The van der Waals surface area contributed by atoms with Crippen molar-refractivity contribution >= 4 is 39.8 Å². The first-order valence-electron chi connectivity index (χ1n) is 20.2. The molecule has 0 atom stereocenters. The Morgan fingerprint density at radius 3 is 1.50 bits per heavy atom. The number of rotatable bonds is 17. The van der Waals surface area contributed by atoms with E-state index in [1.807, 2.05) is 24.3 Å². The molecule has 2 aliphatic rings. The standard InChI is InChI=1S/C46H56N4O4/c1-5-8-11-14-17-32-35-24-25-37(47-35)33(18-15-12-9-6-2)42-44(51)45(52)43(50-42)34(19-16-13-10-7-3)38-27-29-40(49-38)41(39-28-26-36(32)48-39)30-20-22-31(23-21-30)46(53)54-4/h20-29,47-50H,5-19H2,1-4H3. The zero-order valence-electron chi connectivity index (χ0n) is 32.5. The summed E-state index contributed by atoms with van der Waals surface area (Å²) in [6.45, 7) is 6.61. The molecule has 5 heterocycles. The van der Waals surface area contributed by atoms with E-state index in [-0.39, 0.29) is 5.97 Å². The fraction of sp³-hybridized carbons (Fsp3) is 0.413. The van der Waals surface area contributed by atoms with Gasteiger partial charge in [-0.25, -0.2) is 4.79 Å². The Morgan fingerprint density at radius 2 is 0.981 bits per heavy atom. The molecule has 4 aromatic rings. The number of carbonyl (C=O) groups is 3. The minimum Gasteiger partial charge on any atom is -0.465 e. The Morgan fingerprint density at radius 1 is 0.519 bits per heavy atom. The monoisotopic (exact) mass is 728 g/mol. The molecule has 54 heavy (non-hydrogen) atoms. The summed E-state index contributed by atoms with van der Waals surface area (Å²) in [6.07, 6.45) is 15.1. The quantitative estimate of drug-likeness (QED) is 0.0492. The maximum Gasteiger partial charge on any atom is 0.337 e. The summed E-state index contributed by atoms with van der Waals surface area (Å²) in [6, 6.07) is 20.0. The van der Waals surface area contributed by atoms with E-state index in [0.29, 0.717) is 29.8 Å². The number of nitrogens with one attached hydrogen (secondary N) is 4.